The molecule has 0 saturated carbocycles. The molecule has 2 heterocycles. The van der Waals surface area contributed by atoms with Crippen LogP contribution in [0.4, 0.5) is 0 Å². The summed E-state index contributed by atoms with van der Waals surface area (Å²) < 4.78 is 5.87. The first-order valence-electron chi connectivity index (χ1n) is 9.07. The predicted octanol–water partition coefficient (Wildman–Crippen LogP) is 2.27. The van der Waals surface area contributed by atoms with Crippen molar-refractivity contribution in [3.05, 3.63) is 35.4 Å². The van der Waals surface area contributed by atoms with Crippen LogP contribution < -0.4 is 0 Å². The number of rotatable bonds is 4. The van der Waals surface area contributed by atoms with Crippen LogP contribution >= 0.6 is 0 Å². The SMILES string of the molecule is CC(C)CN1C[C@]2(COCCN(Cc3ccc(C#N)cc3)C2)CC1=O. The molecular weight excluding hydrogens is 314 g/mol. The summed E-state index contributed by atoms with van der Waals surface area (Å²) in [7, 11) is 0. The monoisotopic (exact) mass is 341 g/mol. The lowest BCUT2D eigenvalue weighted by Crippen LogP contribution is -2.41. The van der Waals surface area contributed by atoms with E-state index in [4.69, 9.17) is 10.00 Å². The van der Waals surface area contributed by atoms with E-state index in [9.17, 15) is 4.79 Å². The molecule has 2 saturated heterocycles. The molecule has 2 aliphatic heterocycles. The maximum atomic E-state index is 12.5. The molecule has 2 fully saturated rings. The summed E-state index contributed by atoms with van der Waals surface area (Å²) in [5.74, 6) is 0.748. The minimum atomic E-state index is -0.0882. The average Bonchev–Trinajstić information content (AvgIpc) is 2.74. The Hall–Kier alpha value is -1.90. The van der Waals surface area contributed by atoms with Gasteiger partial charge in [-0.25, -0.2) is 0 Å². The maximum absolute atomic E-state index is 12.5. The number of hydrogen-bond acceptors (Lipinski definition) is 4. The molecular formula is C20H27N3O2. The Morgan fingerprint density at radius 2 is 2.04 bits per heavy atom. The van der Waals surface area contributed by atoms with Crippen molar-refractivity contribution < 1.29 is 9.53 Å². The second-order valence-electron chi connectivity index (χ2n) is 7.92. The first kappa shape index (κ1) is 17.9. The molecule has 1 atom stereocenters. The summed E-state index contributed by atoms with van der Waals surface area (Å²) in [6.07, 6.45) is 0.587. The van der Waals surface area contributed by atoms with E-state index in [2.05, 4.69) is 24.8 Å². The topological polar surface area (TPSA) is 56.6 Å². The van der Waals surface area contributed by atoms with Crippen LogP contribution in [0.1, 0.15) is 31.4 Å². The van der Waals surface area contributed by atoms with Crippen LogP contribution in [0.3, 0.4) is 0 Å². The molecule has 134 valence electrons. The highest BCUT2D eigenvalue weighted by molar-refractivity contribution is 5.79. The van der Waals surface area contributed by atoms with Gasteiger partial charge < -0.3 is 9.64 Å². The fraction of sp³-hybridized carbons (Fsp3) is 0.600. The zero-order valence-electron chi connectivity index (χ0n) is 15.2. The van der Waals surface area contributed by atoms with Gasteiger partial charge in [0.1, 0.15) is 0 Å². The molecule has 1 spiro atoms. The molecule has 1 aromatic rings. The number of carbonyl (C=O) groups is 1. The summed E-state index contributed by atoms with van der Waals surface area (Å²) in [5.41, 5.74) is 1.79. The first-order valence-corrected chi connectivity index (χ1v) is 9.07. The number of nitriles is 1. The molecule has 5 heteroatoms. The smallest absolute Gasteiger partial charge is 0.223 e. The minimum Gasteiger partial charge on any atom is -0.379 e. The molecule has 0 aliphatic carbocycles. The lowest BCUT2D eigenvalue weighted by Gasteiger charge is -2.31. The Labute approximate surface area is 150 Å². The van der Waals surface area contributed by atoms with Crippen LogP contribution in [0.15, 0.2) is 24.3 Å². The van der Waals surface area contributed by atoms with E-state index < -0.39 is 0 Å². The van der Waals surface area contributed by atoms with Crippen molar-refractivity contribution >= 4 is 5.91 Å². The zero-order chi connectivity index (χ0) is 17.9. The highest BCUT2D eigenvalue weighted by Crippen LogP contribution is 2.35. The van der Waals surface area contributed by atoms with E-state index in [1.165, 1.54) is 5.56 Å². The lowest BCUT2D eigenvalue weighted by molar-refractivity contribution is -0.128. The van der Waals surface area contributed by atoms with Crippen LogP contribution in [-0.2, 0) is 16.1 Å². The average molecular weight is 341 g/mol. The molecule has 5 nitrogen and oxygen atoms in total. The van der Waals surface area contributed by atoms with E-state index in [1.54, 1.807) is 0 Å². The van der Waals surface area contributed by atoms with E-state index in [-0.39, 0.29) is 11.3 Å². The van der Waals surface area contributed by atoms with Gasteiger partial charge in [0.25, 0.3) is 0 Å². The van der Waals surface area contributed by atoms with Gasteiger partial charge in [-0.15, -0.1) is 0 Å². The molecule has 0 aromatic heterocycles. The van der Waals surface area contributed by atoms with Crippen molar-refractivity contribution in [3.8, 4) is 6.07 Å². The summed E-state index contributed by atoms with van der Waals surface area (Å²) >= 11 is 0. The van der Waals surface area contributed by atoms with Crippen molar-refractivity contribution in [1.82, 2.24) is 9.80 Å². The van der Waals surface area contributed by atoms with Gasteiger partial charge in [0.15, 0.2) is 0 Å². The van der Waals surface area contributed by atoms with Crippen LogP contribution in [-0.4, -0.2) is 55.1 Å². The van der Waals surface area contributed by atoms with Gasteiger partial charge in [0.2, 0.25) is 5.91 Å². The fourth-order valence-electron chi connectivity index (χ4n) is 3.95. The van der Waals surface area contributed by atoms with Crippen LogP contribution in [0.25, 0.3) is 0 Å². The normalized spacial score (nSPS) is 24.7. The number of nitrogens with zero attached hydrogens (tertiary/aromatic N) is 3. The first-order chi connectivity index (χ1) is 12.0. The Bertz CT molecular complexity index is 650. The molecule has 0 unspecified atom stereocenters. The number of benzene rings is 1. The third-order valence-electron chi connectivity index (χ3n) is 5.00. The van der Waals surface area contributed by atoms with Crippen molar-refractivity contribution in [2.45, 2.75) is 26.8 Å². The van der Waals surface area contributed by atoms with E-state index >= 15 is 0 Å². The van der Waals surface area contributed by atoms with Crippen LogP contribution in [0.2, 0.25) is 0 Å². The van der Waals surface area contributed by atoms with Gasteiger partial charge in [0.05, 0.1) is 24.8 Å². The molecule has 3 rings (SSSR count). The maximum Gasteiger partial charge on any atom is 0.223 e. The Kier molecular flexibility index (Phi) is 5.41. The Morgan fingerprint density at radius 1 is 1.28 bits per heavy atom. The van der Waals surface area contributed by atoms with Gasteiger partial charge in [-0.3, -0.25) is 9.69 Å². The summed E-state index contributed by atoms with van der Waals surface area (Å²) in [6, 6.07) is 9.92. The molecule has 2 aliphatic rings. The largest absolute Gasteiger partial charge is 0.379 e. The predicted molar refractivity (Wildman–Crippen MR) is 95.7 cm³/mol. The second kappa shape index (κ2) is 7.55. The third-order valence-corrected chi connectivity index (χ3v) is 5.00. The standard InChI is InChI=1S/C20H27N3O2/c1-16(2)11-23-14-20(9-19(23)24)13-22(7-8-25-15-20)12-18-5-3-17(10-21)4-6-18/h3-6,16H,7-9,11-15H2,1-2H3/t20-/m0/s1. The summed E-state index contributed by atoms with van der Waals surface area (Å²) in [5, 5.41) is 8.92. The van der Waals surface area contributed by atoms with Gasteiger partial charge >= 0.3 is 0 Å². The molecule has 0 bridgehead atoms. The van der Waals surface area contributed by atoms with E-state index in [0.717, 1.165) is 32.7 Å². The van der Waals surface area contributed by atoms with Gasteiger partial charge in [-0.05, 0) is 23.6 Å². The van der Waals surface area contributed by atoms with Crippen molar-refractivity contribution in [2.75, 3.05) is 39.4 Å². The second-order valence-corrected chi connectivity index (χ2v) is 7.92. The molecule has 1 amide bonds. The van der Waals surface area contributed by atoms with Crippen molar-refractivity contribution in [3.63, 3.8) is 0 Å². The highest BCUT2D eigenvalue weighted by atomic mass is 16.5. The molecule has 0 radical (unpaired) electrons. The minimum absolute atomic E-state index is 0.0882. The number of likely N-dealkylation sites (tertiary alicyclic amines) is 1. The van der Waals surface area contributed by atoms with Gasteiger partial charge in [-0.2, -0.15) is 5.26 Å². The lowest BCUT2D eigenvalue weighted by atomic mass is 9.87. The van der Waals surface area contributed by atoms with Crippen molar-refractivity contribution in [2.24, 2.45) is 11.3 Å². The van der Waals surface area contributed by atoms with Crippen molar-refractivity contribution in [1.29, 1.82) is 5.26 Å². The Morgan fingerprint density at radius 3 is 2.72 bits per heavy atom. The van der Waals surface area contributed by atoms with Crippen LogP contribution in [0, 0.1) is 22.7 Å². The third kappa shape index (κ3) is 4.39. The van der Waals surface area contributed by atoms with E-state index in [0.29, 0.717) is 31.1 Å². The Balaban J connectivity index is 1.68. The van der Waals surface area contributed by atoms with Gasteiger partial charge in [0, 0.05) is 44.6 Å². The zero-order valence-corrected chi connectivity index (χ0v) is 15.2. The molecule has 25 heavy (non-hydrogen) atoms. The number of amides is 1. The highest BCUT2D eigenvalue weighted by Gasteiger charge is 2.45. The number of ether oxygens (including phenoxy) is 1. The molecule has 1 aromatic carbocycles. The van der Waals surface area contributed by atoms with Crippen LogP contribution in [0.5, 0.6) is 0 Å². The summed E-state index contributed by atoms with van der Waals surface area (Å²) in [4.78, 5) is 16.9. The van der Waals surface area contributed by atoms with Gasteiger partial charge in [-0.1, -0.05) is 26.0 Å². The number of hydrogen-bond donors (Lipinski definition) is 0. The fourth-order valence-corrected chi connectivity index (χ4v) is 3.95. The molecule has 0 N–H and O–H groups in total. The van der Waals surface area contributed by atoms with E-state index in [1.807, 2.05) is 29.2 Å². The summed E-state index contributed by atoms with van der Waals surface area (Å²) in [6.45, 7) is 9.89. The quantitative estimate of drug-likeness (QED) is 0.843. The number of carbonyl (C=O) groups excluding carboxylic acids is 1.